The van der Waals surface area contributed by atoms with Gasteiger partial charge >= 0.3 is 0 Å². The highest BCUT2D eigenvalue weighted by Gasteiger charge is 2.44. The van der Waals surface area contributed by atoms with Crippen LogP contribution in [0.15, 0.2) is 29.2 Å². The fourth-order valence-corrected chi connectivity index (χ4v) is 6.37. The third kappa shape index (κ3) is 4.57. The van der Waals surface area contributed by atoms with Crippen molar-refractivity contribution in [3.05, 3.63) is 29.8 Å². The van der Waals surface area contributed by atoms with Crippen LogP contribution in [0.1, 0.15) is 19.4 Å². The van der Waals surface area contributed by atoms with E-state index in [1.54, 1.807) is 19.1 Å². The molecule has 0 radical (unpaired) electrons. The van der Waals surface area contributed by atoms with E-state index in [4.69, 9.17) is 0 Å². The highest BCUT2D eigenvalue weighted by atomic mass is 32.2. The van der Waals surface area contributed by atoms with Crippen molar-refractivity contribution in [1.29, 1.82) is 0 Å². The molecule has 25 heavy (non-hydrogen) atoms. The number of aliphatic hydroxyl groups is 1. The molecule has 1 saturated heterocycles. The lowest BCUT2D eigenvalue weighted by Gasteiger charge is -2.28. The third-order valence-electron chi connectivity index (χ3n) is 4.05. The molecule has 1 amide bonds. The summed E-state index contributed by atoms with van der Waals surface area (Å²) in [7, 11) is -7.40. The first-order valence-corrected chi connectivity index (χ1v) is 11.1. The second kappa shape index (κ2) is 7.40. The van der Waals surface area contributed by atoms with E-state index in [2.05, 4.69) is 5.32 Å². The molecule has 140 valence electrons. The third-order valence-corrected chi connectivity index (χ3v) is 7.76. The molecular weight excluding hydrogens is 368 g/mol. The van der Waals surface area contributed by atoms with Crippen molar-refractivity contribution in [3.63, 3.8) is 0 Å². The zero-order valence-corrected chi connectivity index (χ0v) is 15.7. The Balaban J connectivity index is 2.25. The van der Waals surface area contributed by atoms with E-state index in [1.807, 2.05) is 0 Å². The van der Waals surface area contributed by atoms with Gasteiger partial charge in [0.1, 0.15) is 0 Å². The quantitative estimate of drug-likeness (QED) is 0.675. The van der Waals surface area contributed by atoms with E-state index in [0.717, 1.165) is 9.87 Å². The van der Waals surface area contributed by atoms with Crippen molar-refractivity contribution < 1.29 is 26.7 Å². The Morgan fingerprint density at radius 3 is 2.32 bits per heavy atom. The van der Waals surface area contributed by atoms with Gasteiger partial charge < -0.3 is 10.4 Å². The van der Waals surface area contributed by atoms with Crippen molar-refractivity contribution in [2.75, 3.05) is 18.1 Å². The van der Waals surface area contributed by atoms with Gasteiger partial charge in [0.05, 0.1) is 28.5 Å². The summed E-state index contributed by atoms with van der Waals surface area (Å²) in [4.78, 5) is 10.9. The number of sulfone groups is 1. The number of benzene rings is 1. The Hall–Kier alpha value is -1.49. The predicted molar refractivity (Wildman–Crippen MR) is 92.0 cm³/mol. The molecule has 1 aromatic carbocycles. The maximum Gasteiger partial charge on any atom is 0.243 e. The molecule has 0 unspecified atom stereocenters. The second-order valence-electron chi connectivity index (χ2n) is 5.97. The van der Waals surface area contributed by atoms with Crippen LogP contribution in [0, 0.1) is 0 Å². The maximum absolute atomic E-state index is 12.8. The second-order valence-corrected chi connectivity index (χ2v) is 10.0. The number of aliphatic hydroxyl groups excluding tert-OH is 1. The fourth-order valence-electron chi connectivity index (χ4n) is 2.81. The summed E-state index contributed by atoms with van der Waals surface area (Å²) in [6.45, 7) is 3.32. The molecule has 0 saturated carbocycles. The van der Waals surface area contributed by atoms with E-state index in [0.29, 0.717) is 0 Å². The molecule has 0 spiro atoms. The molecule has 1 fully saturated rings. The molecule has 0 aliphatic carbocycles. The van der Waals surface area contributed by atoms with E-state index in [1.165, 1.54) is 19.1 Å². The summed E-state index contributed by atoms with van der Waals surface area (Å²) in [6, 6.07) is 4.99. The predicted octanol–water partition coefficient (Wildman–Crippen LogP) is -0.509. The molecule has 2 atom stereocenters. The summed E-state index contributed by atoms with van der Waals surface area (Å²) < 4.78 is 50.1. The average molecular weight is 390 g/mol. The Morgan fingerprint density at radius 1 is 1.28 bits per heavy atom. The number of carbonyl (C=O) groups excluding carboxylic acids is 1. The Morgan fingerprint density at radius 2 is 1.88 bits per heavy atom. The van der Waals surface area contributed by atoms with Crippen LogP contribution in [-0.4, -0.2) is 62.4 Å². The lowest BCUT2D eigenvalue weighted by molar-refractivity contribution is -0.119. The van der Waals surface area contributed by atoms with Crippen LogP contribution in [0.4, 0.5) is 0 Å². The molecule has 1 aliphatic rings. The molecule has 1 heterocycles. The minimum Gasteiger partial charge on any atom is -0.390 e. The van der Waals surface area contributed by atoms with E-state index >= 15 is 0 Å². The zero-order valence-electron chi connectivity index (χ0n) is 14.0. The van der Waals surface area contributed by atoms with Crippen molar-refractivity contribution in [1.82, 2.24) is 9.62 Å². The van der Waals surface area contributed by atoms with Crippen LogP contribution in [0.3, 0.4) is 0 Å². The van der Waals surface area contributed by atoms with Crippen LogP contribution in [0.2, 0.25) is 0 Å². The number of sulfonamides is 1. The van der Waals surface area contributed by atoms with Gasteiger partial charge in [0.25, 0.3) is 0 Å². The smallest absolute Gasteiger partial charge is 0.243 e. The van der Waals surface area contributed by atoms with Crippen molar-refractivity contribution in [2.45, 2.75) is 37.4 Å². The molecule has 1 aliphatic heterocycles. The van der Waals surface area contributed by atoms with Crippen LogP contribution in [0.5, 0.6) is 0 Å². The molecule has 2 rings (SSSR count). The van der Waals surface area contributed by atoms with Gasteiger partial charge in [0.15, 0.2) is 9.84 Å². The molecule has 0 bridgehead atoms. The van der Waals surface area contributed by atoms with Crippen LogP contribution in [0.25, 0.3) is 0 Å². The van der Waals surface area contributed by atoms with Gasteiger partial charge in [-0.25, -0.2) is 16.8 Å². The van der Waals surface area contributed by atoms with Crippen molar-refractivity contribution >= 4 is 25.8 Å². The molecule has 0 aromatic heterocycles. The number of carbonyl (C=O) groups is 1. The van der Waals surface area contributed by atoms with Gasteiger partial charge in [0.2, 0.25) is 15.9 Å². The van der Waals surface area contributed by atoms with E-state index in [-0.39, 0.29) is 29.6 Å². The first kappa shape index (κ1) is 19.8. The number of hydrogen-bond acceptors (Lipinski definition) is 6. The van der Waals surface area contributed by atoms with Gasteiger partial charge in [-0.1, -0.05) is 19.1 Å². The van der Waals surface area contributed by atoms with Crippen LogP contribution < -0.4 is 5.32 Å². The van der Waals surface area contributed by atoms with Gasteiger partial charge in [0, 0.05) is 20.0 Å². The van der Waals surface area contributed by atoms with Crippen LogP contribution >= 0.6 is 0 Å². The first-order valence-electron chi connectivity index (χ1n) is 7.80. The highest BCUT2D eigenvalue weighted by molar-refractivity contribution is 7.92. The summed E-state index contributed by atoms with van der Waals surface area (Å²) in [5.74, 6) is -1.01. The number of nitrogens with one attached hydrogen (secondary N) is 1. The van der Waals surface area contributed by atoms with Gasteiger partial charge in [-0.2, -0.15) is 4.31 Å². The van der Waals surface area contributed by atoms with Gasteiger partial charge in [-0.15, -0.1) is 0 Å². The van der Waals surface area contributed by atoms with E-state index < -0.39 is 37.8 Å². The topological polar surface area (TPSA) is 121 Å². The number of likely N-dealkylation sites (N-methyl/N-ethyl adjacent to an activating group) is 1. The highest BCUT2D eigenvalue weighted by Crippen LogP contribution is 2.25. The number of rotatable bonds is 6. The fraction of sp³-hybridized carbons (Fsp3) is 0.533. The largest absolute Gasteiger partial charge is 0.390 e. The van der Waals surface area contributed by atoms with Crippen molar-refractivity contribution in [2.24, 2.45) is 0 Å². The van der Waals surface area contributed by atoms with Crippen LogP contribution in [-0.2, 0) is 31.2 Å². The first-order chi connectivity index (χ1) is 11.6. The monoisotopic (exact) mass is 390 g/mol. The SMILES string of the molecule is CCN([C@@H]1CS(=O)(=O)C[C@@H]1O)S(=O)(=O)c1ccc(CNC(C)=O)cc1. The molecule has 2 N–H and O–H groups in total. The molecule has 1 aromatic rings. The number of hydrogen-bond donors (Lipinski definition) is 2. The standard InChI is InChI=1S/C15H22N2O6S2/c1-3-17(14-9-24(20,21)10-15(14)19)25(22,23)13-6-4-12(5-7-13)8-16-11(2)18/h4-7,14-15,19H,3,8-10H2,1-2H3,(H,16,18)/t14-,15+/m1/s1. The summed E-state index contributed by atoms with van der Waals surface area (Å²) in [6.07, 6.45) is -1.24. The van der Waals surface area contributed by atoms with Gasteiger partial charge in [-0.05, 0) is 17.7 Å². The Kier molecular flexibility index (Phi) is 5.87. The minimum atomic E-state index is -3.94. The molecular formula is C15H22N2O6S2. The summed E-state index contributed by atoms with van der Waals surface area (Å²) in [5, 5.41) is 12.6. The Bertz CT molecular complexity index is 833. The lowest BCUT2D eigenvalue weighted by atomic mass is 10.2. The Labute approximate surface area is 147 Å². The normalized spacial score (nSPS) is 22.9. The van der Waals surface area contributed by atoms with E-state index in [9.17, 15) is 26.7 Å². The number of amides is 1. The minimum absolute atomic E-state index is 0.0115. The molecule has 8 nitrogen and oxygen atoms in total. The van der Waals surface area contributed by atoms with Gasteiger partial charge in [-0.3, -0.25) is 4.79 Å². The number of nitrogens with zero attached hydrogens (tertiary/aromatic N) is 1. The maximum atomic E-state index is 12.8. The average Bonchev–Trinajstić information content (AvgIpc) is 2.79. The summed E-state index contributed by atoms with van der Waals surface area (Å²) >= 11 is 0. The molecule has 10 heteroatoms. The van der Waals surface area contributed by atoms with Crippen molar-refractivity contribution in [3.8, 4) is 0 Å². The lowest BCUT2D eigenvalue weighted by Crippen LogP contribution is -2.46. The zero-order chi connectivity index (χ0) is 18.8. The summed E-state index contributed by atoms with van der Waals surface area (Å²) in [5.41, 5.74) is 0.737.